The molecule has 1 aliphatic rings. The fourth-order valence-corrected chi connectivity index (χ4v) is 2.52. The summed E-state index contributed by atoms with van der Waals surface area (Å²) in [5.74, 6) is -1.21. The lowest BCUT2D eigenvalue weighted by Crippen LogP contribution is -2.45. The van der Waals surface area contributed by atoms with E-state index in [0.29, 0.717) is 18.0 Å². The lowest BCUT2D eigenvalue weighted by Gasteiger charge is -2.12. The van der Waals surface area contributed by atoms with E-state index in [2.05, 4.69) is 15.6 Å². The van der Waals surface area contributed by atoms with Crippen LogP contribution in [0.1, 0.15) is 21.9 Å². The maximum Gasteiger partial charge on any atom is 0.355 e. The number of hydrogen-bond acceptors (Lipinski definition) is 5. The summed E-state index contributed by atoms with van der Waals surface area (Å²) >= 11 is 1.15. The summed E-state index contributed by atoms with van der Waals surface area (Å²) in [7, 11) is 1.69. The molecule has 3 N–H and O–H groups in total. The molecule has 1 aromatic heterocycles. The van der Waals surface area contributed by atoms with Crippen LogP contribution in [0.3, 0.4) is 0 Å². The van der Waals surface area contributed by atoms with E-state index in [-0.39, 0.29) is 18.1 Å². The van der Waals surface area contributed by atoms with Crippen molar-refractivity contribution in [3.63, 3.8) is 0 Å². The van der Waals surface area contributed by atoms with Crippen molar-refractivity contribution in [2.24, 2.45) is 0 Å². The number of urea groups is 1. The molecule has 0 aromatic carbocycles. The van der Waals surface area contributed by atoms with E-state index in [1.165, 1.54) is 5.38 Å². The molecule has 1 saturated heterocycles. The van der Waals surface area contributed by atoms with E-state index < -0.39 is 18.0 Å². The van der Waals surface area contributed by atoms with Gasteiger partial charge >= 0.3 is 12.0 Å². The Kier molecular flexibility index (Phi) is 4.18. The molecule has 2 heterocycles. The van der Waals surface area contributed by atoms with Crippen molar-refractivity contribution in [3.05, 3.63) is 16.1 Å². The Morgan fingerprint density at radius 2 is 2.35 bits per heavy atom. The highest BCUT2D eigenvalue weighted by molar-refractivity contribution is 7.09. The van der Waals surface area contributed by atoms with Crippen molar-refractivity contribution >= 4 is 29.2 Å². The van der Waals surface area contributed by atoms with E-state index in [4.69, 9.17) is 5.11 Å². The van der Waals surface area contributed by atoms with Gasteiger partial charge in [-0.3, -0.25) is 4.79 Å². The van der Waals surface area contributed by atoms with Crippen LogP contribution in [0, 0.1) is 0 Å². The van der Waals surface area contributed by atoms with Crippen molar-refractivity contribution in [2.45, 2.75) is 19.0 Å². The second-order valence-corrected chi connectivity index (χ2v) is 5.30. The normalized spacial score (nSPS) is 18.1. The van der Waals surface area contributed by atoms with Gasteiger partial charge in [0.1, 0.15) is 11.0 Å². The summed E-state index contributed by atoms with van der Waals surface area (Å²) in [6, 6.07) is -0.961. The molecule has 9 heteroatoms. The molecule has 3 amide bonds. The molecule has 0 saturated carbocycles. The van der Waals surface area contributed by atoms with Crippen LogP contribution in [0.5, 0.6) is 0 Å². The lowest BCUT2D eigenvalue weighted by atomic mass is 10.2. The molecule has 1 unspecified atom stereocenters. The first-order valence-corrected chi connectivity index (χ1v) is 6.82. The summed E-state index contributed by atoms with van der Waals surface area (Å²) in [4.78, 5) is 39.3. The second kappa shape index (κ2) is 5.87. The minimum Gasteiger partial charge on any atom is -0.476 e. The SMILES string of the molecule is CN1CCC(NC(=O)NCc2nc(C(=O)O)cs2)C1=O. The Morgan fingerprint density at radius 3 is 2.90 bits per heavy atom. The molecule has 1 aromatic rings. The number of carboxylic acid groups (broad SMARTS) is 1. The van der Waals surface area contributed by atoms with Gasteiger partial charge in [0.2, 0.25) is 5.91 Å². The summed E-state index contributed by atoms with van der Waals surface area (Å²) in [6.45, 7) is 0.749. The largest absolute Gasteiger partial charge is 0.476 e. The van der Waals surface area contributed by atoms with E-state index in [1.807, 2.05) is 0 Å². The van der Waals surface area contributed by atoms with Crippen LogP contribution in [-0.4, -0.2) is 52.5 Å². The maximum absolute atomic E-state index is 11.6. The third kappa shape index (κ3) is 3.23. The van der Waals surface area contributed by atoms with Gasteiger partial charge in [0.15, 0.2) is 5.69 Å². The molecule has 0 aliphatic carbocycles. The van der Waals surface area contributed by atoms with Crippen LogP contribution in [0.4, 0.5) is 4.79 Å². The minimum atomic E-state index is -1.10. The molecule has 1 atom stereocenters. The van der Waals surface area contributed by atoms with E-state index in [9.17, 15) is 14.4 Å². The third-order valence-electron chi connectivity index (χ3n) is 2.90. The van der Waals surface area contributed by atoms with Gasteiger partial charge in [0.25, 0.3) is 0 Å². The summed E-state index contributed by atoms with van der Waals surface area (Å²) in [6.07, 6.45) is 0.586. The van der Waals surface area contributed by atoms with E-state index in [1.54, 1.807) is 11.9 Å². The quantitative estimate of drug-likeness (QED) is 0.717. The molecule has 0 bridgehead atoms. The number of carbonyl (C=O) groups is 3. The van der Waals surface area contributed by atoms with Crippen LogP contribution in [0.25, 0.3) is 0 Å². The fraction of sp³-hybridized carbons (Fsp3) is 0.455. The Hall–Kier alpha value is -2.16. The van der Waals surface area contributed by atoms with E-state index >= 15 is 0 Å². The van der Waals surface area contributed by atoms with Gasteiger partial charge in [-0.1, -0.05) is 0 Å². The van der Waals surface area contributed by atoms with Crippen molar-refractivity contribution in [2.75, 3.05) is 13.6 Å². The molecule has 1 fully saturated rings. The fourth-order valence-electron chi connectivity index (χ4n) is 1.81. The highest BCUT2D eigenvalue weighted by Crippen LogP contribution is 2.10. The molecule has 108 valence electrons. The number of aromatic nitrogens is 1. The van der Waals surface area contributed by atoms with Gasteiger partial charge < -0.3 is 20.6 Å². The molecule has 20 heavy (non-hydrogen) atoms. The first kappa shape index (κ1) is 14.3. The van der Waals surface area contributed by atoms with Crippen molar-refractivity contribution < 1.29 is 19.5 Å². The van der Waals surface area contributed by atoms with Crippen molar-refractivity contribution in [3.8, 4) is 0 Å². The Labute approximate surface area is 118 Å². The number of thiazole rings is 1. The van der Waals surface area contributed by atoms with Crippen molar-refractivity contribution in [1.82, 2.24) is 20.5 Å². The number of nitrogens with one attached hydrogen (secondary N) is 2. The van der Waals surface area contributed by atoms with Crippen LogP contribution in [0.15, 0.2) is 5.38 Å². The first-order valence-electron chi connectivity index (χ1n) is 5.94. The first-order chi connectivity index (χ1) is 9.47. The molecule has 0 spiro atoms. The highest BCUT2D eigenvalue weighted by atomic mass is 32.1. The van der Waals surface area contributed by atoms with Gasteiger partial charge in [0.05, 0.1) is 6.54 Å². The lowest BCUT2D eigenvalue weighted by molar-refractivity contribution is -0.128. The minimum absolute atomic E-state index is 0.0418. The highest BCUT2D eigenvalue weighted by Gasteiger charge is 2.30. The topological polar surface area (TPSA) is 112 Å². The maximum atomic E-state index is 11.6. The summed E-state index contributed by atoms with van der Waals surface area (Å²) in [5, 5.41) is 15.7. The van der Waals surface area contributed by atoms with Gasteiger partial charge in [-0.25, -0.2) is 14.6 Å². The standard InChI is InChI=1S/C11H14N4O4S/c1-15-3-2-6(9(15)16)14-11(19)12-4-8-13-7(5-20-8)10(17)18/h5-6H,2-4H2,1H3,(H,17,18)(H2,12,14,19). The Morgan fingerprint density at radius 1 is 1.60 bits per heavy atom. The molecular weight excluding hydrogens is 284 g/mol. The van der Waals surface area contributed by atoms with Gasteiger partial charge in [-0.2, -0.15) is 0 Å². The molecule has 8 nitrogen and oxygen atoms in total. The number of rotatable bonds is 4. The summed E-state index contributed by atoms with van der Waals surface area (Å²) < 4.78 is 0. The van der Waals surface area contributed by atoms with Crippen molar-refractivity contribution in [1.29, 1.82) is 0 Å². The van der Waals surface area contributed by atoms with Gasteiger partial charge in [-0.05, 0) is 6.42 Å². The van der Waals surface area contributed by atoms with E-state index in [0.717, 1.165) is 11.3 Å². The zero-order valence-corrected chi connectivity index (χ0v) is 11.6. The molecular formula is C11H14N4O4S. The summed E-state index contributed by atoms with van der Waals surface area (Å²) in [5.41, 5.74) is -0.0418. The monoisotopic (exact) mass is 298 g/mol. The zero-order chi connectivity index (χ0) is 14.7. The predicted molar refractivity (Wildman–Crippen MR) is 70.5 cm³/mol. The van der Waals surface area contributed by atoms with Gasteiger partial charge in [0, 0.05) is 19.0 Å². The average molecular weight is 298 g/mol. The number of likely N-dealkylation sites (tertiary alicyclic amines) is 1. The second-order valence-electron chi connectivity index (χ2n) is 4.36. The molecule has 1 aliphatic heterocycles. The van der Waals surface area contributed by atoms with Crippen LogP contribution in [0.2, 0.25) is 0 Å². The number of amides is 3. The third-order valence-corrected chi connectivity index (χ3v) is 3.75. The van der Waals surface area contributed by atoms with Crippen LogP contribution >= 0.6 is 11.3 Å². The Bertz CT molecular complexity index is 544. The number of aromatic carboxylic acids is 1. The number of carboxylic acids is 1. The average Bonchev–Trinajstić information content (AvgIpc) is 2.99. The number of nitrogens with zero attached hydrogens (tertiary/aromatic N) is 2. The van der Waals surface area contributed by atoms with Gasteiger partial charge in [-0.15, -0.1) is 11.3 Å². The number of carbonyl (C=O) groups excluding carboxylic acids is 2. The number of hydrogen-bond donors (Lipinski definition) is 3. The Balaban J connectivity index is 1.80. The number of likely N-dealkylation sites (N-methyl/N-ethyl adjacent to an activating group) is 1. The molecule has 0 radical (unpaired) electrons. The van der Waals surface area contributed by atoms with Crippen LogP contribution < -0.4 is 10.6 Å². The van der Waals surface area contributed by atoms with Crippen LogP contribution in [-0.2, 0) is 11.3 Å². The zero-order valence-electron chi connectivity index (χ0n) is 10.8. The predicted octanol–water partition coefficient (Wildman–Crippen LogP) is -0.129. The smallest absolute Gasteiger partial charge is 0.355 e. The molecule has 2 rings (SSSR count).